The molecule has 4 nitrogen and oxygen atoms in total. The van der Waals surface area contributed by atoms with Crippen LogP contribution in [0.3, 0.4) is 0 Å². The predicted octanol–water partition coefficient (Wildman–Crippen LogP) is 5.04. The van der Waals surface area contributed by atoms with Gasteiger partial charge in [-0.05, 0) is 30.5 Å². The molecule has 0 spiro atoms. The minimum Gasteiger partial charge on any atom is -0.441 e. The minimum atomic E-state index is -0.351. The fraction of sp³-hybridized carbons (Fsp3) is 0.333. The summed E-state index contributed by atoms with van der Waals surface area (Å²) in [7, 11) is 0. The number of rotatable bonds is 7. The largest absolute Gasteiger partial charge is 0.441 e. The third kappa shape index (κ3) is 4.39. The van der Waals surface area contributed by atoms with E-state index in [1.807, 2.05) is 6.07 Å². The Labute approximate surface area is 170 Å². The highest BCUT2D eigenvalue weighted by Crippen LogP contribution is 2.40. The van der Waals surface area contributed by atoms with Gasteiger partial charge < -0.3 is 9.73 Å². The molecule has 0 bridgehead atoms. The van der Waals surface area contributed by atoms with Gasteiger partial charge in [0.1, 0.15) is 5.82 Å². The number of aryl methyl sites for hydroxylation is 1. The van der Waals surface area contributed by atoms with E-state index >= 15 is 0 Å². The summed E-state index contributed by atoms with van der Waals surface area (Å²) in [5, 5.41) is 3.11. The molecule has 3 aromatic rings. The van der Waals surface area contributed by atoms with E-state index in [0.29, 0.717) is 36.6 Å². The summed E-state index contributed by atoms with van der Waals surface area (Å²) < 4.78 is 19.5. The molecule has 29 heavy (non-hydrogen) atoms. The second-order valence-corrected chi connectivity index (χ2v) is 7.73. The van der Waals surface area contributed by atoms with Crippen molar-refractivity contribution in [1.82, 2.24) is 10.3 Å². The van der Waals surface area contributed by atoms with E-state index in [9.17, 15) is 9.18 Å². The maximum atomic E-state index is 13.9. The van der Waals surface area contributed by atoms with Crippen molar-refractivity contribution in [3.8, 4) is 11.3 Å². The average molecular weight is 392 g/mol. The Morgan fingerprint density at radius 2 is 1.79 bits per heavy atom. The molecule has 1 aliphatic rings. The zero-order valence-corrected chi connectivity index (χ0v) is 16.4. The molecule has 0 aliphatic heterocycles. The van der Waals surface area contributed by atoms with Gasteiger partial charge in [0.2, 0.25) is 5.91 Å². The summed E-state index contributed by atoms with van der Waals surface area (Å²) in [4.78, 5) is 16.6. The first-order valence-corrected chi connectivity index (χ1v) is 10.2. The van der Waals surface area contributed by atoms with Crippen LogP contribution in [0.5, 0.6) is 0 Å². The predicted molar refractivity (Wildman–Crippen MR) is 110 cm³/mol. The highest BCUT2D eigenvalue weighted by molar-refractivity contribution is 5.76. The fourth-order valence-corrected chi connectivity index (χ4v) is 4.20. The van der Waals surface area contributed by atoms with Crippen LogP contribution in [0, 0.1) is 5.82 Å². The Bertz CT molecular complexity index is 962. The summed E-state index contributed by atoms with van der Waals surface area (Å²) in [6.07, 6.45) is 6.78. The molecule has 150 valence electrons. The number of benzene rings is 2. The molecular weight excluding hydrogens is 367 g/mol. The second-order valence-electron chi connectivity index (χ2n) is 7.73. The SMILES string of the molecule is O=C(CCc1ncc(-c2ccccc2F)o1)NCC1(c2ccccc2)CCCC1. The Balaban J connectivity index is 1.33. The monoisotopic (exact) mass is 392 g/mol. The Kier molecular flexibility index (Phi) is 5.74. The van der Waals surface area contributed by atoms with Crippen LogP contribution in [-0.4, -0.2) is 17.4 Å². The number of nitrogens with one attached hydrogen (secondary N) is 1. The van der Waals surface area contributed by atoms with Crippen molar-refractivity contribution in [3.63, 3.8) is 0 Å². The highest BCUT2D eigenvalue weighted by atomic mass is 19.1. The van der Waals surface area contributed by atoms with E-state index in [1.54, 1.807) is 18.2 Å². The van der Waals surface area contributed by atoms with Crippen molar-refractivity contribution in [1.29, 1.82) is 0 Å². The standard InChI is InChI=1S/C24H25FN2O2/c25-20-11-5-4-10-19(20)21-16-26-23(29-21)13-12-22(28)27-17-24(14-6-7-15-24)18-8-2-1-3-9-18/h1-5,8-11,16H,6-7,12-15,17H2,(H,27,28). The Morgan fingerprint density at radius 1 is 1.07 bits per heavy atom. The lowest BCUT2D eigenvalue weighted by atomic mass is 9.79. The molecule has 2 aromatic carbocycles. The van der Waals surface area contributed by atoms with E-state index in [2.05, 4.69) is 34.6 Å². The molecule has 0 atom stereocenters. The van der Waals surface area contributed by atoms with Crippen LogP contribution in [0.2, 0.25) is 0 Å². The molecule has 1 saturated carbocycles. The smallest absolute Gasteiger partial charge is 0.220 e. The van der Waals surface area contributed by atoms with Gasteiger partial charge in [-0.3, -0.25) is 4.79 Å². The summed E-state index contributed by atoms with van der Waals surface area (Å²) in [5.74, 6) is 0.457. The van der Waals surface area contributed by atoms with Crippen LogP contribution in [-0.2, 0) is 16.6 Å². The minimum absolute atomic E-state index is 0.0159. The number of nitrogens with zero attached hydrogens (tertiary/aromatic N) is 1. The number of carbonyl (C=O) groups excluding carboxylic acids is 1. The number of aromatic nitrogens is 1. The average Bonchev–Trinajstić information content (AvgIpc) is 3.42. The maximum Gasteiger partial charge on any atom is 0.220 e. The molecule has 1 aliphatic carbocycles. The van der Waals surface area contributed by atoms with Gasteiger partial charge >= 0.3 is 0 Å². The first kappa shape index (κ1) is 19.4. The third-order valence-corrected chi connectivity index (χ3v) is 5.83. The Hall–Kier alpha value is -2.95. The lowest BCUT2D eigenvalue weighted by molar-refractivity contribution is -0.121. The van der Waals surface area contributed by atoms with E-state index in [-0.39, 0.29) is 17.1 Å². The highest BCUT2D eigenvalue weighted by Gasteiger charge is 2.35. The van der Waals surface area contributed by atoms with Crippen molar-refractivity contribution in [2.75, 3.05) is 6.54 Å². The molecule has 5 heteroatoms. The number of halogens is 1. The summed E-state index contributed by atoms with van der Waals surface area (Å²) in [6.45, 7) is 0.655. The quantitative estimate of drug-likeness (QED) is 0.613. The molecule has 1 aromatic heterocycles. The maximum absolute atomic E-state index is 13.9. The van der Waals surface area contributed by atoms with E-state index < -0.39 is 0 Å². The molecule has 0 radical (unpaired) electrons. The van der Waals surface area contributed by atoms with Gasteiger partial charge in [-0.15, -0.1) is 0 Å². The number of hydrogen-bond acceptors (Lipinski definition) is 3. The fourth-order valence-electron chi connectivity index (χ4n) is 4.20. The van der Waals surface area contributed by atoms with Crippen molar-refractivity contribution < 1.29 is 13.6 Å². The molecular formula is C24H25FN2O2. The van der Waals surface area contributed by atoms with Crippen LogP contribution in [0.1, 0.15) is 43.6 Å². The number of hydrogen-bond donors (Lipinski definition) is 1. The lowest BCUT2D eigenvalue weighted by Crippen LogP contribution is -2.39. The number of carbonyl (C=O) groups is 1. The van der Waals surface area contributed by atoms with Gasteiger partial charge in [-0.2, -0.15) is 0 Å². The van der Waals surface area contributed by atoms with Gasteiger partial charge in [-0.1, -0.05) is 55.3 Å². The lowest BCUT2D eigenvalue weighted by Gasteiger charge is -2.30. The normalized spacial score (nSPS) is 15.3. The molecule has 4 rings (SSSR count). The van der Waals surface area contributed by atoms with Gasteiger partial charge in [0.15, 0.2) is 11.7 Å². The first-order valence-electron chi connectivity index (χ1n) is 10.2. The molecule has 1 amide bonds. The van der Waals surface area contributed by atoms with Crippen molar-refractivity contribution in [2.45, 2.75) is 43.9 Å². The van der Waals surface area contributed by atoms with E-state index in [0.717, 1.165) is 12.8 Å². The van der Waals surface area contributed by atoms with Crippen LogP contribution in [0.15, 0.2) is 65.2 Å². The molecule has 0 saturated heterocycles. The zero-order valence-electron chi connectivity index (χ0n) is 16.4. The van der Waals surface area contributed by atoms with Crippen molar-refractivity contribution >= 4 is 5.91 Å². The topological polar surface area (TPSA) is 55.1 Å². The molecule has 1 N–H and O–H groups in total. The van der Waals surface area contributed by atoms with Gasteiger partial charge in [0, 0.05) is 24.8 Å². The zero-order chi connectivity index (χ0) is 20.1. The third-order valence-electron chi connectivity index (χ3n) is 5.83. The van der Waals surface area contributed by atoms with Gasteiger partial charge in [0.25, 0.3) is 0 Å². The van der Waals surface area contributed by atoms with Crippen molar-refractivity contribution in [2.24, 2.45) is 0 Å². The van der Waals surface area contributed by atoms with Crippen LogP contribution < -0.4 is 5.32 Å². The Morgan fingerprint density at radius 3 is 2.55 bits per heavy atom. The number of oxazole rings is 1. The van der Waals surface area contributed by atoms with Crippen LogP contribution >= 0.6 is 0 Å². The molecule has 1 fully saturated rings. The summed E-state index contributed by atoms with van der Waals surface area (Å²) >= 11 is 0. The van der Waals surface area contributed by atoms with Gasteiger partial charge in [-0.25, -0.2) is 9.37 Å². The van der Waals surface area contributed by atoms with Crippen molar-refractivity contribution in [3.05, 3.63) is 78.1 Å². The number of amides is 1. The molecule has 0 unspecified atom stereocenters. The van der Waals surface area contributed by atoms with E-state index in [4.69, 9.17) is 4.42 Å². The van der Waals surface area contributed by atoms with Crippen LogP contribution in [0.4, 0.5) is 4.39 Å². The summed E-state index contributed by atoms with van der Waals surface area (Å²) in [5.41, 5.74) is 1.72. The second kappa shape index (κ2) is 8.60. The van der Waals surface area contributed by atoms with Gasteiger partial charge in [0.05, 0.1) is 11.8 Å². The first-order chi connectivity index (χ1) is 14.2. The van der Waals surface area contributed by atoms with Crippen LogP contribution in [0.25, 0.3) is 11.3 Å². The molecule has 1 heterocycles. The summed E-state index contributed by atoms with van der Waals surface area (Å²) in [6, 6.07) is 16.9. The van der Waals surface area contributed by atoms with E-state index in [1.165, 1.54) is 30.7 Å².